The lowest BCUT2D eigenvalue weighted by Crippen LogP contribution is -2.45. The predicted octanol–water partition coefficient (Wildman–Crippen LogP) is 3.60. The summed E-state index contributed by atoms with van der Waals surface area (Å²) in [7, 11) is 3.36. The molecule has 1 aliphatic heterocycles. The molecule has 1 aromatic carbocycles. The summed E-state index contributed by atoms with van der Waals surface area (Å²) in [5, 5.41) is 5.57. The maximum Gasteiger partial charge on any atom is 0.161 e. The number of halogens is 2. The molecule has 1 N–H and O–H groups in total. The Labute approximate surface area is 160 Å². The first-order chi connectivity index (χ1) is 10.8. The fourth-order valence-electron chi connectivity index (χ4n) is 2.97. The first kappa shape index (κ1) is 21.1. The van der Waals surface area contributed by atoms with Gasteiger partial charge in [-0.2, -0.15) is 0 Å². The molecule has 0 spiro atoms. The Bertz CT molecular complexity index is 605. The van der Waals surface area contributed by atoms with Crippen molar-refractivity contribution in [3.8, 4) is 11.5 Å². The smallest absolute Gasteiger partial charge is 0.161 e. The zero-order valence-corrected chi connectivity index (χ0v) is 16.3. The minimum Gasteiger partial charge on any atom is -0.493 e. The number of nitrogens with zero attached hydrogens (tertiary/aromatic N) is 1. The lowest BCUT2D eigenvalue weighted by molar-refractivity contribution is 0.200. The van der Waals surface area contributed by atoms with Crippen molar-refractivity contribution in [1.29, 1.82) is 0 Å². The van der Waals surface area contributed by atoms with Crippen molar-refractivity contribution in [2.24, 2.45) is 0 Å². The van der Waals surface area contributed by atoms with Crippen LogP contribution in [0.4, 0.5) is 0 Å². The Morgan fingerprint density at radius 1 is 1.04 bits per heavy atom. The van der Waals surface area contributed by atoms with Gasteiger partial charge in [-0.3, -0.25) is 4.90 Å². The largest absolute Gasteiger partial charge is 0.493 e. The summed E-state index contributed by atoms with van der Waals surface area (Å²) < 4.78 is 10.8. The molecule has 1 fully saturated rings. The van der Waals surface area contributed by atoms with Gasteiger partial charge in [0.05, 0.1) is 20.3 Å². The van der Waals surface area contributed by atoms with E-state index in [1.165, 1.54) is 10.4 Å². The van der Waals surface area contributed by atoms with Crippen molar-refractivity contribution >= 4 is 36.2 Å². The third-order valence-corrected chi connectivity index (χ3v) is 4.98. The van der Waals surface area contributed by atoms with Gasteiger partial charge in [0.15, 0.2) is 11.5 Å². The van der Waals surface area contributed by atoms with Gasteiger partial charge >= 0.3 is 0 Å². The lowest BCUT2D eigenvalue weighted by atomic mass is 10.0. The standard InChI is InChI=1S/C17H22N2O2S.2ClH/c1-20-14-6-5-13(12-15(14)21-2)17(16-4-3-11-22-16)19-9-7-18-8-10-19;;/h3-6,11-12,17-18H,7-10H2,1-2H3;2*1H/t17-;;/m0../s1. The van der Waals surface area contributed by atoms with E-state index in [9.17, 15) is 0 Å². The predicted molar refractivity (Wildman–Crippen MR) is 105 cm³/mol. The normalized spacial score (nSPS) is 15.8. The molecule has 7 heteroatoms. The number of nitrogens with one attached hydrogen (secondary N) is 1. The van der Waals surface area contributed by atoms with Gasteiger partial charge in [-0.1, -0.05) is 12.1 Å². The molecule has 0 aliphatic carbocycles. The highest BCUT2D eigenvalue weighted by Crippen LogP contribution is 2.36. The van der Waals surface area contributed by atoms with E-state index in [1.54, 1.807) is 14.2 Å². The maximum absolute atomic E-state index is 5.48. The van der Waals surface area contributed by atoms with E-state index in [0.717, 1.165) is 37.7 Å². The summed E-state index contributed by atoms with van der Waals surface area (Å²) >= 11 is 1.81. The SMILES string of the molecule is COc1ccc([C@@H](c2cccs2)N2CCNCC2)cc1OC.Cl.Cl. The molecule has 0 amide bonds. The highest BCUT2D eigenvalue weighted by atomic mass is 35.5. The van der Waals surface area contributed by atoms with Crippen LogP contribution in [0, 0.1) is 0 Å². The summed E-state index contributed by atoms with van der Waals surface area (Å²) in [6, 6.07) is 10.9. The summed E-state index contributed by atoms with van der Waals surface area (Å²) in [6.07, 6.45) is 0. The molecule has 0 unspecified atom stereocenters. The van der Waals surface area contributed by atoms with Crippen molar-refractivity contribution in [3.63, 3.8) is 0 Å². The van der Waals surface area contributed by atoms with Crippen LogP contribution in [0.2, 0.25) is 0 Å². The molecule has 2 heterocycles. The molecule has 4 nitrogen and oxygen atoms in total. The fraction of sp³-hybridized carbons (Fsp3) is 0.412. The molecule has 0 radical (unpaired) electrons. The molecule has 24 heavy (non-hydrogen) atoms. The second-order valence-corrected chi connectivity index (χ2v) is 6.30. The Morgan fingerprint density at radius 3 is 2.33 bits per heavy atom. The van der Waals surface area contributed by atoms with Gasteiger partial charge in [-0.05, 0) is 29.1 Å². The molecule has 1 saturated heterocycles. The number of benzene rings is 1. The Balaban J connectivity index is 0.00000144. The zero-order valence-electron chi connectivity index (χ0n) is 13.9. The van der Waals surface area contributed by atoms with E-state index in [2.05, 4.69) is 39.9 Å². The molecule has 3 rings (SSSR count). The minimum absolute atomic E-state index is 0. The topological polar surface area (TPSA) is 33.7 Å². The van der Waals surface area contributed by atoms with E-state index in [4.69, 9.17) is 9.47 Å². The van der Waals surface area contributed by atoms with E-state index in [1.807, 2.05) is 17.4 Å². The molecule has 2 aromatic rings. The first-order valence-electron chi connectivity index (χ1n) is 7.53. The maximum atomic E-state index is 5.48. The highest BCUT2D eigenvalue weighted by Gasteiger charge is 2.25. The van der Waals surface area contributed by atoms with Gasteiger partial charge in [-0.15, -0.1) is 36.2 Å². The number of rotatable bonds is 5. The first-order valence-corrected chi connectivity index (χ1v) is 8.41. The van der Waals surface area contributed by atoms with Crippen LogP contribution in [0.3, 0.4) is 0 Å². The molecule has 1 aromatic heterocycles. The number of methoxy groups -OCH3 is 2. The second-order valence-electron chi connectivity index (χ2n) is 5.32. The number of piperazine rings is 1. The molecule has 0 saturated carbocycles. The van der Waals surface area contributed by atoms with E-state index in [-0.39, 0.29) is 30.9 Å². The second kappa shape index (κ2) is 10.1. The van der Waals surface area contributed by atoms with Crippen LogP contribution in [0.25, 0.3) is 0 Å². The van der Waals surface area contributed by atoms with E-state index in [0.29, 0.717) is 0 Å². The van der Waals surface area contributed by atoms with Crippen molar-refractivity contribution < 1.29 is 9.47 Å². The van der Waals surface area contributed by atoms with Crippen LogP contribution in [-0.4, -0.2) is 45.3 Å². The Morgan fingerprint density at radius 2 is 1.75 bits per heavy atom. The average Bonchev–Trinajstić information content (AvgIpc) is 3.10. The summed E-state index contributed by atoms with van der Waals surface area (Å²) in [4.78, 5) is 3.90. The number of hydrogen-bond donors (Lipinski definition) is 1. The van der Waals surface area contributed by atoms with Gasteiger partial charge in [-0.25, -0.2) is 0 Å². The Kier molecular flexibility index (Phi) is 8.87. The van der Waals surface area contributed by atoms with Crippen molar-refractivity contribution in [2.45, 2.75) is 6.04 Å². The average molecular weight is 391 g/mol. The minimum atomic E-state index is 0. The van der Waals surface area contributed by atoms with Crippen LogP contribution >= 0.6 is 36.2 Å². The van der Waals surface area contributed by atoms with Gasteiger partial charge < -0.3 is 14.8 Å². The lowest BCUT2D eigenvalue weighted by Gasteiger charge is -2.35. The quantitative estimate of drug-likeness (QED) is 0.845. The van der Waals surface area contributed by atoms with Crippen LogP contribution in [0.5, 0.6) is 11.5 Å². The molecule has 1 atom stereocenters. The number of thiophene rings is 1. The molecule has 134 valence electrons. The molecule has 0 bridgehead atoms. The van der Waals surface area contributed by atoms with Crippen LogP contribution in [0.1, 0.15) is 16.5 Å². The third kappa shape index (κ3) is 4.55. The van der Waals surface area contributed by atoms with Crippen LogP contribution in [0.15, 0.2) is 35.7 Å². The van der Waals surface area contributed by atoms with Gasteiger partial charge in [0, 0.05) is 31.1 Å². The van der Waals surface area contributed by atoms with E-state index < -0.39 is 0 Å². The summed E-state index contributed by atoms with van der Waals surface area (Å²) in [5.74, 6) is 1.56. The van der Waals surface area contributed by atoms with Crippen molar-refractivity contribution in [2.75, 3.05) is 40.4 Å². The molecular weight excluding hydrogens is 367 g/mol. The highest BCUT2D eigenvalue weighted by molar-refractivity contribution is 7.10. The van der Waals surface area contributed by atoms with Crippen molar-refractivity contribution in [1.82, 2.24) is 10.2 Å². The Hall–Kier alpha value is -0.980. The van der Waals surface area contributed by atoms with Gasteiger partial charge in [0.25, 0.3) is 0 Å². The van der Waals surface area contributed by atoms with Crippen LogP contribution < -0.4 is 14.8 Å². The summed E-state index contributed by atoms with van der Waals surface area (Å²) in [5.41, 5.74) is 1.25. The molecule has 1 aliphatic rings. The fourth-order valence-corrected chi connectivity index (χ4v) is 3.85. The third-order valence-electron chi connectivity index (χ3n) is 4.05. The van der Waals surface area contributed by atoms with Crippen LogP contribution in [-0.2, 0) is 0 Å². The number of hydrogen-bond acceptors (Lipinski definition) is 5. The summed E-state index contributed by atoms with van der Waals surface area (Å²) in [6.45, 7) is 4.18. The number of ether oxygens (including phenoxy) is 2. The van der Waals surface area contributed by atoms with Crippen molar-refractivity contribution in [3.05, 3.63) is 46.2 Å². The monoisotopic (exact) mass is 390 g/mol. The van der Waals surface area contributed by atoms with Gasteiger partial charge in [0.2, 0.25) is 0 Å². The zero-order chi connectivity index (χ0) is 15.4. The van der Waals surface area contributed by atoms with Gasteiger partial charge in [0.1, 0.15) is 0 Å². The molecular formula is C17H24Cl2N2O2S. The van der Waals surface area contributed by atoms with E-state index >= 15 is 0 Å².